The van der Waals surface area contributed by atoms with E-state index < -0.39 is 10.8 Å². The van der Waals surface area contributed by atoms with Gasteiger partial charge in [0.2, 0.25) is 5.91 Å². The van der Waals surface area contributed by atoms with Crippen molar-refractivity contribution in [3.8, 4) is 0 Å². The summed E-state index contributed by atoms with van der Waals surface area (Å²) < 4.78 is 10.8. The summed E-state index contributed by atoms with van der Waals surface area (Å²) in [6.45, 7) is 0.479. The maximum Gasteiger partial charge on any atom is 0.221 e. The second-order valence-electron chi connectivity index (χ2n) is 3.43. The van der Waals surface area contributed by atoms with Gasteiger partial charge in [-0.15, -0.1) is 0 Å². The van der Waals surface area contributed by atoms with E-state index in [1.807, 2.05) is 12.1 Å². The first kappa shape index (κ1) is 13.2. The number of benzene rings is 1. The van der Waals surface area contributed by atoms with Crippen molar-refractivity contribution in [3.05, 3.63) is 34.9 Å². The summed E-state index contributed by atoms with van der Waals surface area (Å²) in [4.78, 5) is 11.3. The molecule has 0 aromatic heterocycles. The lowest BCUT2D eigenvalue weighted by Crippen LogP contribution is -2.24. The number of halogens is 1. The molecular formula is C11H14ClNO2S. The molecule has 5 heteroatoms. The topological polar surface area (TPSA) is 46.2 Å². The molecule has 88 valence electrons. The van der Waals surface area contributed by atoms with Crippen LogP contribution >= 0.6 is 11.6 Å². The van der Waals surface area contributed by atoms with E-state index in [0.717, 1.165) is 5.56 Å². The molecule has 0 radical (unpaired) electrons. The molecular weight excluding hydrogens is 246 g/mol. The maximum absolute atomic E-state index is 11.3. The highest BCUT2D eigenvalue weighted by atomic mass is 35.5. The molecule has 1 atom stereocenters. The summed E-state index contributed by atoms with van der Waals surface area (Å²) >= 11 is 5.74. The van der Waals surface area contributed by atoms with Crippen LogP contribution < -0.4 is 5.32 Å². The normalized spacial score (nSPS) is 12.1. The Bertz CT molecular complexity index is 378. The predicted octanol–water partition coefficient (Wildman–Crippen LogP) is 1.72. The number of hydrogen-bond donors (Lipinski definition) is 1. The van der Waals surface area contributed by atoms with Crippen molar-refractivity contribution in [1.82, 2.24) is 5.32 Å². The molecule has 0 fully saturated rings. The van der Waals surface area contributed by atoms with E-state index in [9.17, 15) is 9.00 Å². The zero-order chi connectivity index (χ0) is 12.0. The van der Waals surface area contributed by atoms with E-state index in [1.54, 1.807) is 18.4 Å². The van der Waals surface area contributed by atoms with Gasteiger partial charge in [-0.05, 0) is 17.7 Å². The molecule has 0 unspecified atom stereocenters. The van der Waals surface area contributed by atoms with Crippen LogP contribution in [-0.2, 0) is 22.1 Å². The fourth-order valence-electron chi connectivity index (χ4n) is 1.13. The van der Waals surface area contributed by atoms with Crippen molar-refractivity contribution in [2.24, 2.45) is 0 Å². The monoisotopic (exact) mass is 259 g/mol. The Hall–Kier alpha value is -0.870. The average Bonchev–Trinajstić information content (AvgIpc) is 2.25. The second kappa shape index (κ2) is 6.66. The Morgan fingerprint density at radius 1 is 1.38 bits per heavy atom. The molecule has 1 aromatic rings. The Kier molecular flexibility index (Phi) is 5.49. The number of carbonyl (C=O) groups excluding carboxylic acids is 1. The Morgan fingerprint density at radius 3 is 2.56 bits per heavy atom. The fourth-order valence-corrected chi connectivity index (χ4v) is 1.73. The maximum atomic E-state index is 11.3. The van der Waals surface area contributed by atoms with Crippen molar-refractivity contribution >= 4 is 28.3 Å². The van der Waals surface area contributed by atoms with Crippen molar-refractivity contribution < 1.29 is 9.00 Å². The van der Waals surface area contributed by atoms with E-state index in [0.29, 0.717) is 23.7 Å². The van der Waals surface area contributed by atoms with Gasteiger partial charge in [-0.1, -0.05) is 23.7 Å². The van der Waals surface area contributed by atoms with Gasteiger partial charge < -0.3 is 5.32 Å². The van der Waals surface area contributed by atoms with Crippen LogP contribution in [0.2, 0.25) is 5.02 Å². The van der Waals surface area contributed by atoms with Gasteiger partial charge >= 0.3 is 0 Å². The van der Waals surface area contributed by atoms with Crippen LogP contribution in [0.15, 0.2) is 24.3 Å². The number of nitrogens with one attached hydrogen (secondary N) is 1. The fraction of sp³-hybridized carbons (Fsp3) is 0.364. The minimum atomic E-state index is -0.916. The minimum absolute atomic E-state index is 0.0786. The van der Waals surface area contributed by atoms with Gasteiger partial charge in [-0.2, -0.15) is 0 Å². The molecule has 0 spiro atoms. The van der Waals surface area contributed by atoms with Crippen LogP contribution in [0.3, 0.4) is 0 Å². The highest BCUT2D eigenvalue weighted by Crippen LogP contribution is 2.09. The molecule has 3 nitrogen and oxygen atoms in total. The molecule has 0 saturated carbocycles. The summed E-state index contributed by atoms with van der Waals surface area (Å²) in [5.41, 5.74) is 0.996. The van der Waals surface area contributed by atoms with Gasteiger partial charge in [0.1, 0.15) is 0 Å². The lowest BCUT2D eigenvalue weighted by Gasteiger charge is -2.04. The Labute approximate surface area is 103 Å². The number of carbonyl (C=O) groups is 1. The molecule has 0 bridgehead atoms. The molecule has 0 aliphatic heterocycles. The standard InChI is InChI=1S/C11H14ClNO2S/c1-16(15)7-6-11(14)13-8-9-2-4-10(12)5-3-9/h2-5H,6-8H2,1H3,(H,13,14)/t16-/m1/s1. The van der Waals surface area contributed by atoms with E-state index in [1.165, 1.54) is 0 Å². The molecule has 1 amide bonds. The molecule has 0 heterocycles. The van der Waals surface area contributed by atoms with Crippen molar-refractivity contribution in [3.63, 3.8) is 0 Å². The van der Waals surface area contributed by atoms with Gasteiger partial charge in [0.25, 0.3) is 0 Å². The third-order valence-electron chi connectivity index (χ3n) is 2.02. The minimum Gasteiger partial charge on any atom is -0.352 e. The molecule has 0 aliphatic carbocycles. The first-order valence-corrected chi connectivity index (χ1v) is 6.99. The highest BCUT2D eigenvalue weighted by molar-refractivity contribution is 7.84. The molecule has 1 rings (SSSR count). The molecule has 0 saturated heterocycles. The zero-order valence-corrected chi connectivity index (χ0v) is 10.6. The van der Waals surface area contributed by atoms with E-state index in [4.69, 9.17) is 11.6 Å². The second-order valence-corrected chi connectivity index (χ2v) is 5.42. The summed E-state index contributed by atoms with van der Waals surface area (Å²) in [5, 5.41) is 3.43. The first-order valence-electron chi connectivity index (χ1n) is 4.89. The third kappa shape index (κ3) is 5.28. The SMILES string of the molecule is C[S@@](=O)CCC(=O)NCc1ccc(Cl)cc1. The van der Waals surface area contributed by atoms with E-state index in [2.05, 4.69) is 5.32 Å². The van der Waals surface area contributed by atoms with Crippen LogP contribution in [0, 0.1) is 0 Å². The average molecular weight is 260 g/mol. The molecule has 0 aliphatic rings. The first-order chi connectivity index (χ1) is 7.58. The lowest BCUT2D eigenvalue weighted by atomic mass is 10.2. The Balaban J connectivity index is 2.31. The van der Waals surface area contributed by atoms with Gasteiger partial charge in [-0.3, -0.25) is 9.00 Å². The number of rotatable bonds is 5. The van der Waals surface area contributed by atoms with Crippen molar-refractivity contribution in [2.75, 3.05) is 12.0 Å². The van der Waals surface area contributed by atoms with Crippen LogP contribution in [0.4, 0.5) is 0 Å². The lowest BCUT2D eigenvalue weighted by molar-refractivity contribution is -0.120. The van der Waals surface area contributed by atoms with Crippen LogP contribution in [-0.4, -0.2) is 22.1 Å². The van der Waals surface area contributed by atoms with Gasteiger partial charge in [0, 0.05) is 40.8 Å². The van der Waals surface area contributed by atoms with Crippen molar-refractivity contribution in [1.29, 1.82) is 0 Å². The summed E-state index contributed by atoms with van der Waals surface area (Å²) in [6, 6.07) is 7.29. The molecule has 1 N–H and O–H groups in total. The molecule has 16 heavy (non-hydrogen) atoms. The van der Waals surface area contributed by atoms with E-state index in [-0.39, 0.29) is 5.91 Å². The number of hydrogen-bond acceptors (Lipinski definition) is 2. The van der Waals surface area contributed by atoms with E-state index >= 15 is 0 Å². The highest BCUT2D eigenvalue weighted by Gasteiger charge is 2.02. The van der Waals surface area contributed by atoms with Gasteiger partial charge in [0.05, 0.1) is 0 Å². The molecule has 1 aromatic carbocycles. The van der Waals surface area contributed by atoms with Crippen LogP contribution in [0.1, 0.15) is 12.0 Å². The van der Waals surface area contributed by atoms with Crippen molar-refractivity contribution in [2.45, 2.75) is 13.0 Å². The summed E-state index contributed by atoms with van der Waals surface area (Å²) in [5.74, 6) is 0.331. The smallest absolute Gasteiger partial charge is 0.221 e. The summed E-state index contributed by atoms with van der Waals surface area (Å²) in [6.07, 6.45) is 1.89. The van der Waals surface area contributed by atoms with Gasteiger partial charge in [0.15, 0.2) is 0 Å². The third-order valence-corrected chi connectivity index (χ3v) is 3.05. The van der Waals surface area contributed by atoms with Gasteiger partial charge in [-0.25, -0.2) is 0 Å². The zero-order valence-electron chi connectivity index (χ0n) is 9.03. The quantitative estimate of drug-likeness (QED) is 0.875. The Morgan fingerprint density at radius 2 is 2.00 bits per heavy atom. The number of amides is 1. The van der Waals surface area contributed by atoms with Crippen LogP contribution in [0.5, 0.6) is 0 Å². The predicted molar refractivity (Wildman–Crippen MR) is 66.8 cm³/mol. The summed E-state index contributed by atoms with van der Waals surface area (Å²) in [7, 11) is -0.916. The van der Waals surface area contributed by atoms with Crippen LogP contribution in [0.25, 0.3) is 0 Å². The largest absolute Gasteiger partial charge is 0.352 e.